The molecule has 0 amide bonds. The highest BCUT2D eigenvalue weighted by Crippen LogP contribution is 1.99. The zero-order valence-electron chi connectivity index (χ0n) is 7.40. The van der Waals surface area contributed by atoms with Gasteiger partial charge in [-0.3, -0.25) is 4.79 Å². The quantitative estimate of drug-likeness (QED) is 0.401. The third kappa shape index (κ3) is 6.06. The van der Waals surface area contributed by atoms with Crippen molar-refractivity contribution >= 4 is 16.4 Å². The van der Waals surface area contributed by atoms with E-state index in [-0.39, 0.29) is 5.70 Å². The van der Waals surface area contributed by atoms with Crippen LogP contribution in [-0.2, 0) is 19.2 Å². The normalized spacial score (nSPS) is 10.3. The first-order chi connectivity index (χ1) is 5.87. The lowest BCUT2D eigenvalue weighted by Crippen LogP contribution is -2.18. The molecule has 0 bridgehead atoms. The fourth-order valence-electron chi connectivity index (χ4n) is 0.448. The zero-order valence-corrected chi connectivity index (χ0v) is 8.22. The number of hydrogen-bond acceptors (Lipinski definition) is 5. The number of aldehydes is 1. The summed E-state index contributed by atoms with van der Waals surface area (Å²) in [7, 11) is -3.78. The van der Waals surface area contributed by atoms with Gasteiger partial charge < -0.3 is 0 Å². The van der Waals surface area contributed by atoms with Gasteiger partial charge in [0.2, 0.25) is 0 Å². The summed E-state index contributed by atoms with van der Waals surface area (Å²) in [5.74, 6) is 0. The topological polar surface area (TPSA) is 72.5 Å². The highest BCUT2D eigenvalue weighted by molar-refractivity contribution is 7.89. The van der Waals surface area contributed by atoms with Crippen molar-refractivity contribution < 1.29 is 17.5 Å². The van der Waals surface area contributed by atoms with Crippen LogP contribution in [0.1, 0.15) is 13.8 Å². The number of carbonyl (C=O) groups is 1. The van der Waals surface area contributed by atoms with Crippen molar-refractivity contribution in [1.29, 1.82) is 0 Å². The number of hydroxylamine groups is 1. The molecule has 0 saturated heterocycles. The smallest absolute Gasteiger partial charge is 0.296 e. The van der Waals surface area contributed by atoms with Gasteiger partial charge >= 0.3 is 10.1 Å². The van der Waals surface area contributed by atoms with Crippen LogP contribution in [0, 0.1) is 0 Å². The first kappa shape index (κ1) is 11.9. The fraction of sp³-hybridized carbons (Fsp3) is 0.286. The van der Waals surface area contributed by atoms with E-state index < -0.39 is 10.1 Å². The summed E-state index contributed by atoms with van der Waals surface area (Å²) >= 11 is 0. The summed E-state index contributed by atoms with van der Waals surface area (Å²) in [5, 5.41) is 0.929. The maximum Gasteiger partial charge on any atom is 0.310 e. The number of nitrogens with one attached hydrogen (secondary N) is 1. The van der Waals surface area contributed by atoms with Gasteiger partial charge in [0.1, 0.15) is 0 Å². The molecule has 6 heteroatoms. The molecule has 0 aromatic carbocycles. The third-order valence-corrected chi connectivity index (χ3v) is 1.89. The first-order valence-corrected chi connectivity index (χ1v) is 4.83. The lowest BCUT2D eigenvalue weighted by molar-refractivity contribution is -0.105. The summed E-state index contributed by atoms with van der Waals surface area (Å²) in [5.41, 5.74) is 2.29. The molecule has 5 nitrogen and oxygen atoms in total. The predicted octanol–water partition coefficient (Wildman–Crippen LogP) is 0.474. The molecular weight excluding hydrogens is 194 g/mol. The van der Waals surface area contributed by atoms with E-state index >= 15 is 0 Å². The van der Waals surface area contributed by atoms with Crippen molar-refractivity contribution in [2.24, 2.45) is 0 Å². The molecule has 0 rings (SSSR count). The van der Waals surface area contributed by atoms with Crippen LogP contribution < -0.4 is 5.48 Å². The molecule has 0 spiro atoms. The Kier molecular flexibility index (Phi) is 4.36. The Morgan fingerprint density at radius 2 is 2.00 bits per heavy atom. The lowest BCUT2D eigenvalue weighted by atomic mass is 10.4. The summed E-state index contributed by atoms with van der Waals surface area (Å²) in [6, 6.07) is 0. The van der Waals surface area contributed by atoms with Crippen LogP contribution in [0.4, 0.5) is 0 Å². The molecule has 0 aliphatic rings. The second kappa shape index (κ2) is 4.78. The van der Waals surface area contributed by atoms with Crippen LogP contribution in [0.15, 0.2) is 23.3 Å². The van der Waals surface area contributed by atoms with Crippen molar-refractivity contribution in [2.75, 3.05) is 0 Å². The standard InChI is InChI=1S/C7H11NO4S/c1-6(2)5-13(10,11)12-8-7(3)4-9/h4-5,8H,3H2,1-2H3. The first-order valence-electron chi connectivity index (χ1n) is 3.36. The van der Waals surface area contributed by atoms with Gasteiger partial charge in [0.25, 0.3) is 0 Å². The number of hydrogen-bond donors (Lipinski definition) is 1. The summed E-state index contributed by atoms with van der Waals surface area (Å²) in [6.07, 6.45) is 0.345. The Balaban J connectivity index is 4.29. The van der Waals surface area contributed by atoms with Crippen LogP contribution in [0.5, 0.6) is 0 Å². The van der Waals surface area contributed by atoms with Gasteiger partial charge in [0, 0.05) is 0 Å². The van der Waals surface area contributed by atoms with Gasteiger partial charge in [-0.2, -0.15) is 8.42 Å². The summed E-state index contributed by atoms with van der Waals surface area (Å²) in [4.78, 5) is 9.99. The molecule has 0 radical (unpaired) electrons. The number of allylic oxidation sites excluding steroid dienone is 2. The van der Waals surface area contributed by atoms with Crippen LogP contribution in [0.25, 0.3) is 0 Å². The Hall–Kier alpha value is -1.14. The summed E-state index contributed by atoms with van der Waals surface area (Å²) < 4.78 is 26.1. The van der Waals surface area contributed by atoms with E-state index in [1.54, 1.807) is 13.8 Å². The molecule has 0 heterocycles. The van der Waals surface area contributed by atoms with E-state index in [0.29, 0.717) is 11.9 Å². The molecule has 74 valence electrons. The number of rotatable bonds is 5. The lowest BCUT2D eigenvalue weighted by Gasteiger charge is -2.02. The number of carbonyl (C=O) groups excluding carboxylic acids is 1. The van der Waals surface area contributed by atoms with Crippen molar-refractivity contribution in [3.63, 3.8) is 0 Å². The van der Waals surface area contributed by atoms with Crippen molar-refractivity contribution in [1.82, 2.24) is 5.48 Å². The minimum Gasteiger partial charge on any atom is -0.296 e. The van der Waals surface area contributed by atoms with Gasteiger partial charge in [0.15, 0.2) is 6.29 Å². The summed E-state index contributed by atoms with van der Waals surface area (Å²) in [6.45, 7) is 6.38. The van der Waals surface area contributed by atoms with Crippen LogP contribution in [-0.4, -0.2) is 14.7 Å². The average molecular weight is 205 g/mol. The molecule has 0 aromatic heterocycles. The van der Waals surface area contributed by atoms with Crippen LogP contribution in [0.3, 0.4) is 0 Å². The molecule has 1 N–H and O–H groups in total. The molecular formula is C7H11NO4S. The van der Waals surface area contributed by atoms with Crippen LogP contribution >= 0.6 is 0 Å². The van der Waals surface area contributed by atoms with Crippen molar-refractivity contribution in [3.8, 4) is 0 Å². The van der Waals surface area contributed by atoms with E-state index in [0.717, 1.165) is 5.41 Å². The maximum atomic E-state index is 10.9. The van der Waals surface area contributed by atoms with Gasteiger partial charge in [-0.25, -0.2) is 5.48 Å². The second-order valence-corrected chi connectivity index (χ2v) is 3.90. The average Bonchev–Trinajstić information content (AvgIpc) is 1.98. The van der Waals surface area contributed by atoms with Gasteiger partial charge in [-0.1, -0.05) is 12.2 Å². The molecule has 13 heavy (non-hydrogen) atoms. The highest BCUT2D eigenvalue weighted by atomic mass is 32.2. The van der Waals surface area contributed by atoms with E-state index in [4.69, 9.17) is 0 Å². The molecule has 0 aromatic rings. The van der Waals surface area contributed by atoms with Crippen molar-refractivity contribution in [2.45, 2.75) is 13.8 Å². The van der Waals surface area contributed by atoms with E-state index in [1.165, 1.54) is 0 Å². The molecule has 0 atom stereocenters. The molecule has 0 aliphatic carbocycles. The predicted molar refractivity (Wildman–Crippen MR) is 47.8 cm³/mol. The SMILES string of the molecule is C=C(C=O)NOS(=O)(=O)C=C(C)C. The zero-order chi connectivity index (χ0) is 10.5. The van der Waals surface area contributed by atoms with E-state index in [2.05, 4.69) is 10.9 Å². The monoisotopic (exact) mass is 205 g/mol. The minimum atomic E-state index is -3.78. The van der Waals surface area contributed by atoms with Gasteiger partial charge in [-0.05, 0) is 13.8 Å². The Labute approximate surface area is 77.2 Å². The van der Waals surface area contributed by atoms with E-state index in [9.17, 15) is 13.2 Å². The molecule has 0 aliphatic heterocycles. The largest absolute Gasteiger partial charge is 0.310 e. The molecule has 0 saturated carbocycles. The Morgan fingerprint density at radius 3 is 2.38 bits per heavy atom. The highest BCUT2D eigenvalue weighted by Gasteiger charge is 2.06. The van der Waals surface area contributed by atoms with Crippen LogP contribution in [0.2, 0.25) is 0 Å². The Bertz CT molecular complexity index is 324. The van der Waals surface area contributed by atoms with Gasteiger partial charge in [0.05, 0.1) is 11.1 Å². The van der Waals surface area contributed by atoms with E-state index in [1.807, 2.05) is 5.48 Å². The molecule has 0 unspecified atom stereocenters. The maximum absolute atomic E-state index is 10.9. The minimum absolute atomic E-state index is 0.161. The fourth-order valence-corrected chi connectivity index (χ4v) is 1.30. The second-order valence-electron chi connectivity index (χ2n) is 2.52. The Morgan fingerprint density at radius 1 is 1.46 bits per heavy atom. The van der Waals surface area contributed by atoms with Crippen molar-refractivity contribution in [3.05, 3.63) is 23.3 Å². The van der Waals surface area contributed by atoms with Gasteiger partial charge in [-0.15, -0.1) is 4.28 Å². The third-order valence-electron chi connectivity index (χ3n) is 0.811. The molecule has 0 fully saturated rings.